The molecule has 3 N–H and O–H groups in total. The van der Waals surface area contributed by atoms with Crippen molar-refractivity contribution in [2.75, 3.05) is 19.6 Å². The maximum Gasteiger partial charge on any atom is 0.220 e. The highest BCUT2D eigenvalue weighted by atomic mass is 35.5. The number of carbonyl (C=O) groups excluding carboxylic acids is 2. The normalized spacial score (nSPS) is 14.2. The van der Waals surface area contributed by atoms with Crippen LogP contribution >= 0.6 is 12.4 Å². The Morgan fingerprint density at radius 3 is 2.60 bits per heavy atom. The van der Waals surface area contributed by atoms with Crippen LogP contribution in [-0.2, 0) is 9.59 Å². The predicted molar refractivity (Wildman–Crippen MR) is 83.0 cm³/mol. The second-order valence-corrected chi connectivity index (χ2v) is 5.17. The van der Waals surface area contributed by atoms with E-state index >= 15 is 0 Å². The van der Waals surface area contributed by atoms with Crippen LogP contribution < -0.4 is 16.0 Å². The van der Waals surface area contributed by atoms with Gasteiger partial charge in [-0.3, -0.25) is 9.59 Å². The molecule has 0 fully saturated rings. The number of amides is 2. The van der Waals surface area contributed by atoms with Crippen LogP contribution in [0.25, 0.3) is 0 Å². The predicted octanol–water partition coefficient (Wildman–Crippen LogP) is 1.14. The molecule has 0 aromatic rings. The van der Waals surface area contributed by atoms with Gasteiger partial charge in [0.1, 0.15) is 0 Å². The maximum atomic E-state index is 11.6. The fourth-order valence-corrected chi connectivity index (χ4v) is 1.93. The van der Waals surface area contributed by atoms with Crippen LogP contribution in [0.15, 0.2) is 11.6 Å². The summed E-state index contributed by atoms with van der Waals surface area (Å²) in [5.41, 5.74) is 1.28. The standard InChI is InChI=1S/C14H25N3O2.ClH/c1-11(2)17-14(19)5-3-4-13(18)16-10-12-6-8-15-9-7-12;/h6,11,15H,3-5,7-10H2,1-2H3,(H,16,18)(H,17,19);1H. The van der Waals surface area contributed by atoms with E-state index in [2.05, 4.69) is 22.0 Å². The van der Waals surface area contributed by atoms with E-state index in [1.54, 1.807) is 0 Å². The van der Waals surface area contributed by atoms with Gasteiger partial charge in [0.05, 0.1) is 0 Å². The summed E-state index contributed by atoms with van der Waals surface area (Å²) in [5.74, 6) is 0.0423. The van der Waals surface area contributed by atoms with E-state index in [0.29, 0.717) is 25.8 Å². The lowest BCUT2D eigenvalue weighted by Crippen LogP contribution is -2.31. The molecule has 1 aliphatic rings. The van der Waals surface area contributed by atoms with E-state index < -0.39 is 0 Å². The van der Waals surface area contributed by atoms with Crippen molar-refractivity contribution in [1.82, 2.24) is 16.0 Å². The van der Waals surface area contributed by atoms with Crippen LogP contribution in [-0.4, -0.2) is 37.5 Å². The molecule has 0 saturated heterocycles. The van der Waals surface area contributed by atoms with Gasteiger partial charge in [-0.2, -0.15) is 0 Å². The first-order chi connectivity index (χ1) is 9.08. The second-order valence-electron chi connectivity index (χ2n) is 5.17. The highest BCUT2D eigenvalue weighted by Gasteiger charge is 2.07. The molecule has 0 radical (unpaired) electrons. The summed E-state index contributed by atoms with van der Waals surface area (Å²) < 4.78 is 0. The summed E-state index contributed by atoms with van der Waals surface area (Å²) >= 11 is 0. The van der Waals surface area contributed by atoms with E-state index in [1.165, 1.54) is 5.57 Å². The first-order valence-corrected chi connectivity index (χ1v) is 7.02. The summed E-state index contributed by atoms with van der Waals surface area (Å²) in [6.45, 7) is 6.37. The molecule has 116 valence electrons. The summed E-state index contributed by atoms with van der Waals surface area (Å²) in [7, 11) is 0. The monoisotopic (exact) mass is 303 g/mol. The number of rotatable bonds is 7. The zero-order valence-electron chi connectivity index (χ0n) is 12.3. The lowest BCUT2D eigenvalue weighted by atomic mass is 10.1. The Balaban J connectivity index is 0.00000361. The van der Waals surface area contributed by atoms with Crippen molar-refractivity contribution in [3.63, 3.8) is 0 Å². The van der Waals surface area contributed by atoms with Gasteiger partial charge in [0.15, 0.2) is 0 Å². The van der Waals surface area contributed by atoms with E-state index in [1.807, 2.05) is 13.8 Å². The van der Waals surface area contributed by atoms with Gasteiger partial charge >= 0.3 is 0 Å². The third kappa shape index (κ3) is 8.93. The average Bonchev–Trinajstić information content (AvgIpc) is 2.36. The molecule has 1 heterocycles. The highest BCUT2D eigenvalue weighted by molar-refractivity contribution is 5.85. The number of carbonyl (C=O) groups is 2. The van der Waals surface area contributed by atoms with Gasteiger partial charge in [-0.25, -0.2) is 0 Å². The second kappa shape index (κ2) is 10.7. The molecule has 0 saturated carbocycles. The minimum absolute atomic E-state index is 0. The molecule has 1 aliphatic heterocycles. The first kappa shape index (κ1) is 18.9. The van der Waals surface area contributed by atoms with Crippen molar-refractivity contribution in [2.24, 2.45) is 0 Å². The SMILES string of the molecule is CC(C)NC(=O)CCCC(=O)NCC1=CCNCC1.Cl. The van der Waals surface area contributed by atoms with Gasteiger partial charge in [-0.1, -0.05) is 11.6 Å². The van der Waals surface area contributed by atoms with Gasteiger partial charge in [-0.05, 0) is 33.2 Å². The maximum absolute atomic E-state index is 11.6. The zero-order chi connectivity index (χ0) is 14.1. The van der Waals surface area contributed by atoms with Crippen LogP contribution in [0.2, 0.25) is 0 Å². The Hall–Kier alpha value is -1.07. The molecule has 6 heteroatoms. The van der Waals surface area contributed by atoms with E-state index in [9.17, 15) is 9.59 Å². The molecule has 0 aromatic carbocycles. The Morgan fingerprint density at radius 2 is 2.00 bits per heavy atom. The Kier molecular flexibility index (Phi) is 10.1. The molecule has 0 bridgehead atoms. The van der Waals surface area contributed by atoms with Crippen LogP contribution in [0.3, 0.4) is 0 Å². The summed E-state index contributed by atoms with van der Waals surface area (Å²) in [4.78, 5) is 23.0. The smallest absolute Gasteiger partial charge is 0.220 e. The molecule has 0 unspecified atom stereocenters. The Morgan fingerprint density at radius 1 is 1.30 bits per heavy atom. The van der Waals surface area contributed by atoms with Gasteiger partial charge in [0.2, 0.25) is 11.8 Å². The number of hydrogen-bond acceptors (Lipinski definition) is 3. The molecule has 0 spiro atoms. The largest absolute Gasteiger partial charge is 0.354 e. The van der Waals surface area contributed by atoms with Crippen molar-refractivity contribution in [2.45, 2.75) is 45.6 Å². The molecule has 0 atom stereocenters. The van der Waals surface area contributed by atoms with Crippen molar-refractivity contribution in [3.05, 3.63) is 11.6 Å². The molecular formula is C14H26ClN3O2. The Labute approximate surface area is 127 Å². The van der Waals surface area contributed by atoms with Crippen molar-refractivity contribution in [3.8, 4) is 0 Å². The van der Waals surface area contributed by atoms with Gasteiger partial charge in [0.25, 0.3) is 0 Å². The topological polar surface area (TPSA) is 70.2 Å². The summed E-state index contributed by atoms with van der Waals surface area (Å²) in [5, 5.41) is 8.94. The minimum atomic E-state index is 0. The Bertz CT molecular complexity index is 343. The molecule has 2 amide bonds. The molecule has 0 aliphatic carbocycles. The number of hydrogen-bond donors (Lipinski definition) is 3. The fourth-order valence-electron chi connectivity index (χ4n) is 1.93. The number of halogens is 1. The molecule has 20 heavy (non-hydrogen) atoms. The molecule has 0 aromatic heterocycles. The minimum Gasteiger partial charge on any atom is -0.354 e. The fraction of sp³-hybridized carbons (Fsp3) is 0.714. The lowest BCUT2D eigenvalue weighted by Gasteiger charge is -2.14. The quantitative estimate of drug-likeness (QED) is 0.618. The van der Waals surface area contributed by atoms with Crippen LogP contribution in [0.5, 0.6) is 0 Å². The van der Waals surface area contributed by atoms with Crippen molar-refractivity contribution >= 4 is 24.2 Å². The van der Waals surface area contributed by atoms with Crippen LogP contribution in [0.4, 0.5) is 0 Å². The van der Waals surface area contributed by atoms with Gasteiger partial charge < -0.3 is 16.0 Å². The van der Waals surface area contributed by atoms with E-state index in [4.69, 9.17) is 0 Å². The van der Waals surface area contributed by atoms with E-state index in [0.717, 1.165) is 19.5 Å². The zero-order valence-corrected chi connectivity index (χ0v) is 13.1. The molecule has 1 rings (SSSR count). The average molecular weight is 304 g/mol. The lowest BCUT2D eigenvalue weighted by molar-refractivity contribution is -0.122. The van der Waals surface area contributed by atoms with Crippen molar-refractivity contribution < 1.29 is 9.59 Å². The van der Waals surface area contributed by atoms with Crippen LogP contribution in [0, 0.1) is 0 Å². The third-order valence-electron chi connectivity index (χ3n) is 2.93. The van der Waals surface area contributed by atoms with Gasteiger partial charge in [-0.15, -0.1) is 12.4 Å². The third-order valence-corrected chi connectivity index (χ3v) is 2.93. The summed E-state index contributed by atoms with van der Waals surface area (Å²) in [6, 6.07) is 0.160. The first-order valence-electron chi connectivity index (χ1n) is 7.02. The highest BCUT2D eigenvalue weighted by Crippen LogP contribution is 2.03. The van der Waals surface area contributed by atoms with E-state index in [-0.39, 0.29) is 30.3 Å². The summed E-state index contributed by atoms with van der Waals surface area (Å²) in [6.07, 6.45) is 4.55. The molecular weight excluding hydrogens is 278 g/mol. The van der Waals surface area contributed by atoms with Crippen LogP contribution in [0.1, 0.15) is 39.5 Å². The van der Waals surface area contributed by atoms with Crippen molar-refractivity contribution in [1.29, 1.82) is 0 Å². The van der Waals surface area contributed by atoms with Gasteiger partial charge in [0, 0.05) is 32.0 Å². The number of nitrogens with one attached hydrogen (secondary N) is 3. The molecule has 5 nitrogen and oxygen atoms in total.